The minimum Gasteiger partial charge on any atom is -0.383 e. The van der Waals surface area contributed by atoms with Gasteiger partial charge in [0.15, 0.2) is 0 Å². The SMILES string of the molecule is COCC(C(C)C)N1CC2(CCCC2)NCC1C. The van der Waals surface area contributed by atoms with Crippen LogP contribution in [0.25, 0.3) is 0 Å². The highest BCUT2D eigenvalue weighted by molar-refractivity contribution is 5.01. The summed E-state index contributed by atoms with van der Waals surface area (Å²) in [5, 5.41) is 3.83. The van der Waals surface area contributed by atoms with Gasteiger partial charge >= 0.3 is 0 Å². The van der Waals surface area contributed by atoms with E-state index in [2.05, 4.69) is 31.0 Å². The van der Waals surface area contributed by atoms with Crippen molar-refractivity contribution in [2.75, 3.05) is 26.8 Å². The third kappa shape index (κ3) is 2.89. The summed E-state index contributed by atoms with van der Waals surface area (Å²) in [4.78, 5) is 2.70. The van der Waals surface area contributed by atoms with Gasteiger partial charge in [0, 0.05) is 37.8 Å². The van der Waals surface area contributed by atoms with Gasteiger partial charge in [-0.2, -0.15) is 0 Å². The van der Waals surface area contributed by atoms with Gasteiger partial charge in [0.25, 0.3) is 0 Å². The Morgan fingerprint density at radius 3 is 2.56 bits per heavy atom. The first kappa shape index (κ1) is 14.3. The van der Waals surface area contributed by atoms with E-state index in [1.807, 2.05) is 7.11 Å². The molecule has 1 saturated carbocycles. The van der Waals surface area contributed by atoms with E-state index in [0.29, 0.717) is 23.5 Å². The largest absolute Gasteiger partial charge is 0.383 e. The molecule has 2 atom stereocenters. The summed E-state index contributed by atoms with van der Waals surface area (Å²) in [6.45, 7) is 10.2. The van der Waals surface area contributed by atoms with E-state index in [-0.39, 0.29) is 0 Å². The predicted octanol–water partition coefficient (Wildman–Crippen LogP) is 2.26. The zero-order valence-corrected chi connectivity index (χ0v) is 12.5. The molecule has 106 valence electrons. The van der Waals surface area contributed by atoms with Crippen molar-refractivity contribution in [1.82, 2.24) is 10.2 Å². The smallest absolute Gasteiger partial charge is 0.0620 e. The molecular formula is C15H30N2O. The predicted molar refractivity (Wildman–Crippen MR) is 75.9 cm³/mol. The molecule has 0 aromatic rings. The standard InChI is InChI=1S/C15H30N2O/c1-12(2)14(10-18-4)17-11-15(7-5-6-8-15)16-9-13(17)3/h12-14,16H,5-11H2,1-4H3. The summed E-state index contributed by atoms with van der Waals surface area (Å²) in [5.41, 5.74) is 0.410. The molecule has 2 aliphatic rings. The summed E-state index contributed by atoms with van der Waals surface area (Å²) in [6, 6.07) is 1.18. The molecule has 0 bridgehead atoms. The summed E-state index contributed by atoms with van der Waals surface area (Å²) in [7, 11) is 1.83. The molecule has 1 aliphatic heterocycles. The van der Waals surface area contributed by atoms with Gasteiger partial charge in [-0.3, -0.25) is 4.90 Å². The minimum atomic E-state index is 0.410. The number of nitrogens with zero attached hydrogens (tertiary/aromatic N) is 1. The van der Waals surface area contributed by atoms with Crippen LogP contribution in [0.2, 0.25) is 0 Å². The first-order valence-corrected chi connectivity index (χ1v) is 7.58. The zero-order chi connectivity index (χ0) is 13.2. The third-order valence-electron chi connectivity index (χ3n) is 4.92. The fraction of sp³-hybridized carbons (Fsp3) is 1.00. The maximum Gasteiger partial charge on any atom is 0.0620 e. The normalized spacial score (nSPS) is 30.2. The lowest BCUT2D eigenvalue weighted by Crippen LogP contribution is -2.65. The number of methoxy groups -OCH3 is 1. The molecule has 0 amide bonds. The molecule has 1 aliphatic carbocycles. The molecular weight excluding hydrogens is 224 g/mol. The lowest BCUT2D eigenvalue weighted by atomic mass is 9.89. The lowest BCUT2D eigenvalue weighted by Gasteiger charge is -2.49. The number of ether oxygens (including phenoxy) is 1. The van der Waals surface area contributed by atoms with Gasteiger partial charge in [-0.25, -0.2) is 0 Å². The number of nitrogens with one attached hydrogen (secondary N) is 1. The second-order valence-corrected chi connectivity index (χ2v) is 6.66. The van der Waals surface area contributed by atoms with E-state index < -0.39 is 0 Å². The van der Waals surface area contributed by atoms with Gasteiger partial charge in [-0.05, 0) is 25.7 Å². The highest BCUT2D eigenvalue weighted by atomic mass is 16.5. The number of hydrogen-bond acceptors (Lipinski definition) is 3. The van der Waals surface area contributed by atoms with Gasteiger partial charge in [0.2, 0.25) is 0 Å². The molecule has 18 heavy (non-hydrogen) atoms. The Hall–Kier alpha value is -0.120. The zero-order valence-electron chi connectivity index (χ0n) is 12.5. The second-order valence-electron chi connectivity index (χ2n) is 6.66. The Morgan fingerprint density at radius 2 is 2.00 bits per heavy atom. The van der Waals surface area contributed by atoms with Crippen molar-refractivity contribution in [2.45, 2.75) is 64.1 Å². The Morgan fingerprint density at radius 1 is 1.33 bits per heavy atom. The molecule has 0 radical (unpaired) electrons. The van der Waals surface area contributed by atoms with E-state index in [0.717, 1.165) is 13.2 Å². The van der Waals surface area contributed by atoms with E-state index in [9.17, 15) is 0 Å². The molecule has 0 aromatic carbocycles. The first-order chi connectivity index (χ1) is 8.58. The highest BCUT2D eigenvalue weighted by Gasteiger charge is 2.42. The number of rotatable bonds is 4. The van der Waals surface area contributed by atoms with Crippen LogP contribution in [0.3, 0.4) is 0 Å². The summed E-state index contributed by atoms with van der Waals surface area (Å²) in [5.74, 6) is 0.656. The van der Waals surface area contributed by atoms with Gasteiger partial charge in [-0.1, -0.05) is 26.7 Å². The van der Waals surface area contributed by atoms with Crippen molar-refractivity contribution in [3.8, 4) is 0 Å². The minimum absolute atomic E-state index is 0.410. The third-order valence-corrected chi connectivity index (χ3v) is 4.92. The quantitative estimate of drug-likeness (QED) is 0.833. The van der Waals surface area contributed by atoms with Crippen LogP contribution in [0.4, 0.5) is 0 Å². The van der Waals surface area contributed by atoms with Crippen molar-refractivity contribution >= 4 is 0 Å². The van der Waals surface area contributed by atoms with Crippen LogP contribution in [0.5, 0.6) is 0 Å². The molecule has 0 aromatic heterocycles. The fourth-order valence-electron chi connectivity index (χ4n) is 3.72. The topological polar surface area (TPSA) is 24.5 Å². The maximum absolute atomic E-state index is 5.46. The van der Waals surface area contributed by atoms with Crippen molar-refractivity contribution in [1.29, 1.82) is 0 Å². The second kappa shape index (κ2) is 5.89. The molecule has 3 heteroatoms. The fourth-order valence-corrected chi connectivity index (χ4v) is 3.72. The highest BCUT2D eigenvalue weighted by Crippen LogP contribution is 2.34. The van der Waals surface area contributed by atoms with Crippen LogP contribution in [-0.2, 0) is 4.74 Å². The van der Waals surface area contributed by atoms with Crippen LogP contribution < -0.4 is 5.32 Å². The molecule has 2 rings (SSSR count). The average molecular weight is 254 g/mol. The van der Waals surface area contributed by atoms with Gasteiger partial charge < -0.3 is 10.1 Å². The monoisotopic (exact) mass is 254 g/mol. The Labute approximate surface area is 112 Å². The van der Waals surface area contributed by atoms with E-state index >= 15 is 0 Å². The average Bonchev–Trinajstić information content (AvgIpc) is 2.78. The summed E-state index contributed by atoms with van der Waals surface area (Å²) < 4.78 is 5.46. The van der Waals surface area contributed by atoms with Crippen LogP contribution in [0.15, 0.2) is 0 Å². The number of hydrogen-bond donors (Lipinski definition) is 1. The Kier molecular flexibility index (Phi) is 4.68. The summed E-state index contributed by atoms with van der Waals surface area (Å²) >= 11 is 0. The van der Waals surface area contributed by atoms with Crippen molar-refractivity contribution in [3.63, 3.8) is 0 Å². The molecule has 1 spiro atoms. The molecule has 1 heterocycles. The van der Waals surface area contributed by atoms with Crippen LogP contribution in [0, 0.1) is 5.92 Å². The molecule has 1 N–H and O–H groups in total. The van der Waals surface area contributed by atoms with Crippen LogP contribution >= 0.6 is 0 Å². The van der Waals surface area contributed by atoms with E-state index in [1.165, 1.54) is 32.2 Å². The van der Waals surface area contributed by atoms with Gasteiger partial charge in [-0.15, -0.1) is 0 Å². The van der Waals surface area contributed by atoms with Crippen LogP contribution in [0.1, 0.15) is 46.5 Å². The summed E-state index contributed by atoms with van der Waals surface area (Å²) in [6.07, 6.45) is 5.50. The van der Waals surface area contributed by atoms with Gasteiger partial charge in [0.05, 0.1) is 6.61 Å². The Bertz CT molecular complexity index is 261. The van der Waals surface area contributed by atoms with Crippen molar-refractivity contribution in [3.05, 3.63) is 0 Å². The van der Waals surface area contributed by atoms with Crippen LogP contribution in [-0.4, -0.2) is 49.3 Å². The van der Waals surface area contributed by atoms with E-state index in [4.69, 9.17) is 4.74 Å². The van der Waals surface area contributed by atoms with E-state index in [1.54, 1.807) is 0 Å². The maximum atomic E-state index is 5.46. The molecule has 2 fully saturated rings. The van der Waals surface area contributed by atoms with Crippen molar-refractivity contribution < 1.29 is 4.74 Å². The Balaban J connectivity index is 2.08. The molecule has 2 unspecified atom stereocenters. The first-order valence-electron chi connectivity index (χ1n) is 7.58. The lowest BCUT2D eigenvalue weighted by molar-refractivity contribution is -0.00351. The molecule has 3 nitrogen and oxygen atoms in total. The number of piperazine rings is 1. The molecule has 1 saturated heterocycles. The van der Waals surface area contributed by atoms with Crippen molar-refractivity contribution in [2.24, 2.45) is 5.92 Å². The van der Waals surface area contributed by atoms with Gasteiger partial charge in [0.1, 0.15) is 0 Å².